The highest BCUT2D eigenvalue weighted by molar-refractivity contribution is 8.00. The minimum Gasteiger partial charge on any atom is -0.445 e. The van der Waals surface area contributed by atoms with Gasteiger partial charge in [-0.3, -0.25) is 14.5 Å². The summed E-state index contributed by atoms with van der Waals surface area (Å²) in [4.78, 5) is 54.7. The first kappa shape index (κ1) is 42.3. The summed E-state index contributed by atoms with van der Waals surface area (Å²) < 4.78 is 5.01. The second-order valence-corrected chi connectivity index (χ2v) is 17.1. The van der Waals surface area contributed by atoms with E-state index < -0.39 is 40.3 Å². The van der Waals surface area contributed by atoms with Crippen LogP contribution in [0.15, 0.2) is 204 Å². The summed E-state index contributed by atoms with van der Waals surface area (Å²) in [5.74, 6) is -1.47. The standard InChI is InChI=1S/C51H40ClN5O5S2/c52-34-61-48(60)42-31-32-63-47-44(46(59)57(42)47)54-45(58)43(56-62-51(38-25-13-4-14-26-38,39-27-15-5-16-28-39)40-29-17-6-18-30-40)41-33-64-49(53-41)55-50(35-19-7-1-8-20-35,36-21-9-2-10-22-36)37-23-11-3-12-24-37/h1-31,33,44,47H,32,34H2,(H,53,55)(H,54,58)/b56-43-. The molecule has 2 N–H and O–H groups in total. The maximum absolute atomic E-state index is 14.9. The number of oxime groups is 1. The molecular weight excluding hydrogens is 862 g/mol. The van der Waals surface area contributed by atoms with Crippen LogP contribution in [0.3, 0.4) is 0 Å². The van der Waals surface area contributed by atoms with Crippen LogP contribution in [0.1, 0.15) is 39.1 Å². The molecule has 6 aromatic carbocycles. The number of rotatable bonds is 15. The molecule has 3 heterocycles. The van der Waals surface area contributed by atoms with Crippen molar-refractivity contribution in [2.24, 2.45) is 5.16 Å². The number of hydrogen-bond donors (Lipinski definition) is 2. The number of carbonyl (C=O) groups is 3. The molecule has 2 atom stereocenters. The zero-order valence-electron chi connectivity index (χ0n) is 34.1. The van der Waals surface area contributed by atoms with Crippen molar-refractivity contribution < 1.29 is 24.0 Å². The Balaban J connectivity index is 1.16. The van der Waals surface area contributed by atoms with Crippen molar-refractivity contribution in [1.29, 1.82) is 0 Å². The molecule has 1 saturated heterocycles. The molecule has 318 valence electrons. The van der Waals surface area contributed by atoms with Crippen LogP contribution in [-0.2, 0) is 35.1 Å². The molecule has 0 spiro atoms. The molecule has 2 unspecified atom stereocenters. The van der Waals surface area contributed by atoms with Gasteiger partial charge in [0.15, 0.2) is 16.9 Å². The number of anilines is 1. The maximum Gasteiger partial charge on any atom is 0.355 e. The van der Waals surface area contributed by atoms with E-state index in [4.69, 9.17) is 31.3 Å². The molecule has 7 aromatic rings. The Kier molecular flexibility index (Phi) is 12.4. The van der Waals surface area contributed by atoms with Gasteiger partial charge in [0.25, 0.3) is 11.8 Å². The van der Waals surface area contributed by atoms with Crippen LogP contribution in [-0.4, -0.2) is 56.6 Å². The number of alkyl halides is 1. The number of halogens is 1. The second kappa shape index (κ2) is 18.8. The van der Waals surface area contributed by atoms with Gasteiger partial charge in [-0.25, -0.2) is 9.78 Å². The van der Waals surface area contributed by atoms with Crippen LogP contribution >= 0.6 is 34.7 Å². The Morgan fingerprint density at radius 1 is 0.703 bits per heavy atom. The van der Waals surface area contributed by atoms with E-state index in [9.17, 15) is 14.4 Å². The zero-order chi connectivity index (χ0) is 43.9. The smallest absolute Gasteiger partial charge is 0.355 e. The van der Waals surface area contributed by atoms with Gasteiger partial charge >= 0.3 is 5.97 Å². The molecule has 1 aromatic heterocycles. The minimum atomic E-state index is -1.33. The topological polar surface area (TPSA) is 122 Å². The van der Waals surface area contributed by atoms with Gasteiger partial charge in [-0.15, -0.1) is 23.1 Å². The summed E-state index contributed by atoms with van der Waals surface area (Å²) >= 11 is 8.40. The number of carbonyl (C=O) groups excluding carboxylic acids is 3. The Bertz CT molecular complexity index is 2600. The van der Waals surface area contributed by atoms with E-state index in [1.54, 1.807) is 11.5 Å². The zero-order valence-corrected chi connectivity index (χ0v) is 36.5. The molecular formula is C51H40ClN5O5S2. The third kappa shape index (κ3) is 7.96. The number of thiazole rings is 1. The molecule has 64 heavy (non-hydrogen) atoms. The fourth-order valence-electron chi connectivity index (χ4n) is 8.24. The molecule has 2 aliphatic rings. The van der Waals surface area contributed by atoms with Gasteiger partial charge in [0, 0.05) is 27.8 Å². The molecule has 10 nitrogen and oxygen atoms in total. The quantitative estimate of drug-likeness (QED) is 0.0261. The molecule has 0 aliphatic carbocycles. The Hall–Kier alpha value is -6.99. The van der Waals surface area contributed by atoms with Crippen molar-refractivity contribution in [3.63, 3.8) is 0 Å². The fourth-order valence-corrected chi connectivity index (χ4v) is 10.3. The van der Waals surface area contributed by atoms with Crippen LogP contribution in [0.5, 0.6) is 0 Å². The highest BCUT2D eigenvalue weighted by atomic mass is 35.5. The highest BCUT2D eigenvalue weighted by Gasteiger charge is 2.53. The lowest BCUT2D eigenvalue weighted by molar-refractivity contribution is -0.151. The van der Waals surface area contributed by atoms with Crippen LogP contribution in [0, 0.1) is 0 Å². The van der Waals surface area contributed by atoms with Gasteiger partial charge in [0.2, 0.25) is 5.60 Å². The van der Waals surface area contributed by atoms with E-state index >= 15 is 0 Å². The van der Waals surface area contributed by atoms with Gasteiger partial charge in [0.05, 0.1) is 0 Å². The molecule has 0 radical (unpaired) electrons. The van der Waals surface area contributed by atoms with Crippen molar-refractivity contribution in [1.82, 2.24) is 15.2 Å². The van der Waals surface area contributed by atoms with E-state index in [1.165, 1.54) is 28.0 Å². The summed E-state index contributed by atoms with van der Waals surface area (Å²) in [7, 11) is 0. The van der Waals surface area contributed by atoms with E-state index in [-0.39, 0.29) is 23.2 Å². The van der Waals surface area contributed by atoms with Gasteiger partial charge in [-0.2, -0.15) is 0 Å². The van der Waals surface area contributed by atoms with E-state index in [1.807, 2.05) is 146 Å². The predicted octanol–water partition coefficient (Wildman–Crippen LogP) is 9.28. The van der Waals surface area contributed by atoms with Gasteiger partial charge in [0.1, 0.15) is 28.3 Å². The van der Waals surface area contributed by atoms with Crippen molar-refractivity contribution in [2.75, 3.05) is 17.1 Å². The first-order chi connectivity index (χ1) is 31.4. The highest BCUT2D eigenvalue weighted by Crippen LogP contribution is 2.43. The Morgan fingerprint density at radius 3 is 1.61 bits per heavy atom. The number of fused-ring (bicyclic) bond motifs is 1. The molecule has 0 saturated carbocycles. The lowest BCUT2D eigenvalue weighted by atomic mass is 9.77. The van der Waals surface area contributed by atoms with Gasteiger partial charge < -0.3 is 20.2 Å². The normalized spacial score (nSPS) is 16.1. The average Bonchev–Trinajstić information content (AvgIpc) is 3.83. The molecule has 0 bridgehead atoms. The molecule has 9 rings (SSSR count). The number of ether oxygens (including phenoxy) is 1. The number of hydrogen-bond acceptors (Lipinski definition) is 10. The number of amides is 2. The van der Waals surface area contributed by atoms with Gasteiger partial charge in [-0.1, -0.05) is 199 Å². The fraction of sp³-hybridized carbons (Fsp3) is 0.118. The number of nitrogens with zero attached hydrogens (tertiary/aromatic N) is 3. The number of aromatic nitrogens is 1. The van der Waals surface area contributed by atoms with E-state index in [2.05, 4.69) is 47.0 Å². The number of thioether (sulfide) groups is 1. The van der Waals surface area contributed by atoms with Crippen molar-refractivity contribution in [2.45, 2.75) is 22.6 Å². The largest absolute Gasteiger partial charge is 0.445 e. The second-order valence-electron chi connectivity index (χ2n) is 14.8. The lowest BCUT2D eigenvalue weighted by Crippen LogP contribution is -2.70. The number of esters is 1. The predicted molar refractivity (Wildman–Crippen MR) is 252 cm³/mol. The molecule has 2 aliphatic heterocycles. The average molecular weight is 902 g/mol. The number of β-lactam (4-membered cyclic amide) rings is 1. The Morgan fingerprint density at radius 2 is 1.16 bits per heavy atom. The van der Waals surface area contributed by atoms with Crippen LogP contribution in [0.25, 0.3) is 0 Å². The SMILES string of the molecule is O=C(OCCl)C1=CCSC2C(NC(=O)/C(=N\OC(c3ccccc3)(c3ccccc3)c3ccccc3)c3csc(NC(c4ccccc4)(c4ccccc4)c4ccccc4)n3)C(=O)N12. The van der Waals surface area contributed by atoms with Crippen LogP contribution < -0.4 is 10.6 Å². The first-order valence-electron chi connectivity index (χ1n) is 20.5. The molecule has 2 amide bonds. The maximum atomic E-state index is 14.9. The monoisotopic (exact) mass is 901 g/mol. The van der Waals surface area contributed by atoms with Crippen LogP contribution in [0.4, 0.5) is 5.13 Å². The van der Waals surface area contributed by atoms with Crippen LogP contribution in [0.2, 0.25) is 0 Å². The third-order valence-corrected chi connectivity index (χ3v) is 13.3. The van der Waals surface area contributed by atoms with Crippen molar-refractivity contribution in [3.8, 4) is 0 Å². The van der Waals surface area contributed by atoms with Crippen molar-refractivity contribution >= 4 is 63.3 Å². The van der Waals surface area contributed by atoms with Crippen molar-refractivity contribution in [3.05, 3.63) is 238 Å². The minimum absolute atomic E-state index is 0.0874. The summed E-state index contributed by atoms with van der Waals surface area (Å²) in [6.45, 7) is 0. The van der Waals surface area contributed by atoms with E-state index in [0.717, 1.165) is 33.4 Å². The summed E-state index contributed by atoms with van der Waals surface area (Å²) in [5.41, 5.74) is 3.10. The Labute approximate surface area is 383 Å². The summed E-state index contributed by atoms with van der Waals surface area (Å²) in [5, 5.41) is 13.2. The number of nitrogens with one attached hydrogen (secondary N) is 2. The van der Waals surface area contributed by atoms with Gasteiger partial charge in [-0.05, 0) is 22.8 Å². The number of benzene rings is 6. The molecule has 13 heteroatoms. The summed E-state index contributed by atoms with van der Waals surface area (Å²) in [6.07, 6.45) is 1.62. The van der Waals surface area contributed by atoms with E-state index in [0.29, 0.717) is 10.9 Å². The first-order valence-corrected chi connectivity index (χ1v) is 22.9. The molecule has 1 fully saturated rings. The summed E-state index contributed by atoms with van der Waals surface area (Å²) in [6, 6.07) is 58.1. The third-order valence-electron chi connectivity index (χ3n) is 11.2. The lowest BCUT2D eigenvalue weighted by Gasteiger charge is -2.48.